The van der Waals surface area contributed by atoms with Crippen LogP contribution in [0.3, 0.4) is 0 Å². The molecule has 0 radical (unpaired) electrons. The molecular weight excluding hydrogens is 270 g/mol. The fourth-order valence-corrected chi connectivity index (χ4v) is 1.81. The van der Waals surface area contributed by atoms with Crippen molar-refractivity contribution in [3.8, 4) is 0 Å². The van der Waals surface area contributed by atoms with E-state index < -0.39 is 0 Å². The Balaban J connectivity index is 2.18. The maximum absolute atomic E-state index is 11.7. The lowest BCUT2D eigenvalue weighted by Gasteiger charge is -2.11. The minimum Gasteiger partial charge on any atom is -0.379 e. The molecule has 0 saturated heterocycles. The molecule has 0 N–H and O–H groups in total. The molecule has 5 heteroatoms. The van der Waals surface area contributed by atoms with E-state index >= 15 is 0 Å². The Hall–Kier alpha value is -1.17. The average Bonchev–Trinajstić information content (AvgIpc) is 2.47. The van der Waals surface area contributed by atoms with Crippen LogP contribution in [0.2, 0.25) is 0 Å². The topological polar surface area (TPSA) is 49.7 Å². The van der Waals surface area contributed by atoms with Crippen LogP contribution in [0.4, 0.5) is 0 Å². The van der Waals surface area contributed by atoms with Crippen molar-refractivity contribution in [2.24, 2.45) is 0 Å². The molecule has 1 aromatic heterocycles. The lowest BCUT2D eigenvalue weighted by molar-refractivity contribution is 0.0154. The number of hydrogen-bond acceptors (Lipinski definition) is 4. The maximum atomic E-state index is 11.7. The van der Waals surface area contributed by atoms with Gasteiger partial charge in [0.1, 0.15) is 0 Å². The number of pyridine rings is 1. The molecule has 0 aliphatic rings. The molecule has 0 saturated carbocycles. The van der Waals surface area contributed by atoms with E-state index in [1.54, 1.807) is 10.6 Å². The first-order valence-electron chi connectivity index (χ1n) is 7.58. The van der Waals surface area contributed by atoms with Crippen LogP contribution in [-0.2, 0) is 20.8 Å². The van der Waals surface area contributed by atoms with Gasteiger partial charge >= 0.3 is 0 Å². The van der Waals surface area contributed by atoms with Gasteiger partial charge in [-0.3, -0.25) is 4.79 Å². The lowest BCUT2D eigenvalue weighted by atomic mass is 10.1. The first-order valence-corrected chi connectivity index (χ1v) is 7.58. The highest BCUT2D eigenvalue weighted by molar-refractivity contribution is 5.13. The van der Waals surface area contributed by atoms with Gasteiger partial charge in [0.25, 0.3) is 5.56 Å². The normalized spacial score (nSPS) is 11.2. The summed E-state index contributed by atoms with van der Waals surface area (Å²) in [6, 6.07) is 3.50. The van der Waals surface area contributed by atoms with Crippen molar-refractivity contribution in [3.63, 3.8) is 0 Å². The highest BCUT2D eigenvalue weighted by Gasteiger charge is 2.02. The second-order valence-electron chi connectivity index (χ2n) is 5.07. The van der Waals surface area contributed by atoms with Gasteiger partial charge in [-0.25, -0.2) is 0 Å². The number of ether oxygens (including phenoxy) is 3. The van der Waals surface area contributed by atoms with E-state index in [2.05, 4.69) is 13.8 Å². The van der Waals surface area contributed by atoms with E-state index in [0.717, 1.165) is 5.56 Å². The SMILES string of the molecule is CCOCCOCCOCCn1cc(C(C)C)ccc1=O. The fourth-order valence-electron chi connectivity index (χ4n) is 1.81. The Bertz CT molecular complexity index is 442. The smallest absolute Gasteiger partial charge is 0.250 e. The molecule has 0 spiro atoms. The van der Waals surface area contributed by atoms with Crippen molar-refractivity contribution in [3.05, 3.63) is 34.2 Å². The Kier molecular flexibility index (Phi) is 8.98. The summed E-state index contributed by atoms with van der Waals surface area (Å²) in [5, 5.41) is 0. The van der Waals surface area contributed by atoms with Crippen LogP contribution in [0.15, 0.2) is 23.1 Å². The van der Waals surface area contributed by atoms with E-state index in [0.29, 0.717) is 52.1 Å². The third-order valence-electron chi connectivity index (χ3n) is 3.10. The molecule has 5 nitrogen and oxygen atoms in total. The highest BCUT2D eigenvalue weighted by atomic mass is 16.5. The predicted molar refractivity (Wildman–Crippen MR) is 82.9 cm³/mol. The molecule has 0 fully saturated rings. The molecule has 1 rings (SSSR count). The molecule has 0 aromatic carbocycles. The highest BCUT2D eigenvalue weighted by Crippen LogP contribution is 2.11. The lowest BCUT2D eigenvalue weighted by Crippen LogP contribution is -2.22. The maximum Gasteiger partial charge on any atom is 0.250 e. The van der Waals surface area contributed by atoms with E-state index in [1.807, 2.05) is 19.2 Å². The zero-order valence-corrected chi connectivity index (χ0v) is 13.3. The first-order chi connectivity index (χ1) is 10.1. The van der Waals surface area contributed by atoms with Crippen molar-refractivity contribution >= 4 is 0 Å². The number of rotatable bonds is 11. The summed E-state index contributed by atoms with van der Waals surface area (Å²) in [5.41, 5.74) is 1.17. The largest absolute Gasteiger partial charge is 0.379 e. The number of hydrogen-bond donors (Lipinski definition) is 0. The number of aromatic nitrogens is 1. The van der Waals surface area contributed by atoms with Gasteiger partial charge in [-0.2, -0.15) is 0 Å². The number of nitrogens with zero attached hydrogens (tertiary/aromatic N) is 1. The van der Waals surface area contributed by atoms with E-state index in [4.69, 9.17) is 14.2 Å². The molecule has 0 unspecified atom stereocenters. The van der Waals surface area contributed by atoms with Crippen molar-refractivity contribution in [1.29, 1.82) is 0 Å². The van der Waals surface area contributed by atoms with Crippen molar-refractivity contribution < 1.29 is 14.2 Å². The van der Waals surface area contributed by atoms with E-state index in [-0.39, 0.29) is 5.56 Å². The van der Waals surface area contributed by atoms with Crippen LogP contribution >= 0.6 is 0 Å². The van der Waals surface area contributed by atoms with Gasteiger partial charge < -0.3 is 18.8 Å². The summed E-state index contributed by atoms with van der Waals surface area (Å²) in [6.07, 6.45) is 1.91. The van der Waals surface area contributed by atoms with Crippen LogP contribution in [0.1, 0.15) is 32.3 Å². The third-order valence-corrected chi connectivity index (χ3v) is 3.10. The van der Waals surface area contributed by atoms with E-state index in [1.165, 1.54) is 0 Å². The molecule has 0 bridgehead atoms. The van der Waals surface area contributed by atoms with Crippen molar-refractivity contribution in [2.75, 3.05) is 39.6 Å². The zero-order valence-electron chi connectivity index (χ0n) is 13.3. The molecule has 0 amide bonds. The van der Waals surface area contributed by atoms with Gasteiger partial charge in [0.2, 0.25) is 0 Å². The molecule has 0 aliphatic carbocycles. The predicted octanol–water partition coefficient (Wildman–Crippen LogP) is 2.04. The molecule has 1 heterocycles. The van der Waals surface area contributed by atoms with Crippen LogP contribution in [0, 0.1) is 0 Å². The molecule has 0 atom stereocenters. The van der Waals surface area contributed by atoms with Gasteiger partial charge in [0.05, 0.1) is 33.0 Å². The summed E-state index contributed by atoms with van der Waals surface area (Å²) in [5.74, 6) is 0.413. The van der Waals surface area contributed by atoms with Crippen LogP contribution in [0.5, 0.6) is 0 Å². The van der Waals surface area contributed by atoms with Gasteiger partial charge in [0.15, 0.2) is 0 Å². The Morgan fingerprint density at radius 3 is 2.24 bits per heavy atom. The van der Waals surface area contributed by atoms with Gasteiger partial charge in [0, 0.05) is 25.4 Å². The minimum absolute atomic E-state index is 0.0102. The fraction of sp³-hybridized carbons (Fsp3) is 0.688. The van der Waals surface area contributed by atoms with Crippen LogP contribution in [-0.4, -0.2) is 44.2 Å². The standard InChI is InChI=1S/C16H27NO4/c1-4-19-9-10-21-12-11-20-8-7-17-13-15(14(2)3)5-6-16(17)18/h5-6,13-14H,4,7-12H2,1-3H3. The van der Waals surface area contributed by atoms with E-state index in [9.17, 15) is 4.79 Å². The summed E-state index contributed by atoms with van der Waals surface area (Å²) in [6.45, 7) is 10.3. The molecular formula is C16H27NO4. The summed E-state index contributed by atoms with van der Waals surface area (Å²) >= 11 is 0. The summed E-state index contributed by atoms with van der Waals surface area (Å²) in [4.78, 5) is 11.7. The van der Waals surface area contributed by atoms with Gasteiger partial charge in [-0.05, 0) is 18.4 Å². The Morgan fingerprint density at radius 2 is 1.62 bits per heavy atom. The zero-order chi connectivity index (χ0) is 15.5. The quantitative estimate of drug-likeness (QED) is 0.587. The second kappa shape index (κ2) is 10.5. The molecule has 1 aromatic rings. The minimum atomic E-state index is 0.0102. The monoisotopic (exact) mass is 297 g/mol. The Labute approximate surface area is 126 Å². The molecule has 21 heavy (non-hydrogen) atoms. The Morgan fingerprint density at radius 1 is 1.00 bits per heavy atom. The van der Waals surface area contributed by atoms with Crippen molar-refractivity contribution in [2.45, 2.75) is 33.2 Å². The average molecular weight is 297 g/mol. The molecule has 0 aliphatic heterocycles. The summed E-state index contributed by atoms with van der Waals surface area (Å²) in [7, 11) is 0. The summed E-state index contributed by atoms with van der Waals surface area (Å²) < 4.78 is 17.7. The molecule has 120 valence electrons. The van der Waals surface area contributed by atoms with Gasteiger partial charge in [-0.1, -0.05) is 19.9 Å². The van der Waals surface area contributed by atoms with Gasteiger partial charge in [-0.15, -0.1) is 0 Å². The van der Waals surface area contributed by atoms with Crippen LogP contribution < -0.4 is 5.56 Å². The first kappa shape index (κ1) is 17.9. The van der Waals surface area contributed by atoms with Crippen LogP contribution in [0.25, 0.3) is 0 Å². The van der Waals surface area contributed by atoms with Crippen molar-refractivity contribution in [1.82, 2.24) is 4.57 Å². The second-order valence-corrected chi connectivity index (χ2v) is 5.07. The third kappa shape index (κ3) is 7.41.